The van der Waals surface area contributed by atoms with Crippen LogP contribution in [0.5, 0.6) is 0 Å². The molecule has 1 heterocycles. The van der Waals surface area contributed by atoms with Gasteiger partial charge in [0.05, 0.1) is 11.1 Å². The first-order chi connectivity index (χ1) is 11.1. The van der Waals surface area contributed by atoms with Gasteiger partial charge in [0.1, 0.15) is 6.04 Å². The number of carboxylic acid groups (broad SMARTS) is 1. The summed E-state index contributed by atoms with van der Waals surface area (Å²) in [6, 6.07) is 5.42. The summed E-state index contributed by atoms with van der Waals surface area (Å²) >= 11 is 0. The van der Waals surface area contributed by atoms with Gasteiger partial charge in [0.2, 0.25) is 0 Å². The van der Waals surface area contributed by atoms with Crippen LogP contribution in [0, 0.1) is 0 Å². The summed E-state index contributed by atoms with van der Waals surface area (Å²) in [6.45, 7) is 2.14. The number of amides is 2. The van der Waals surface area contributed by atoms with Crippen molar-refractivity contribution in [2.45, 2.75) is 57.9 Å². The molecule has 1 atom stereocenters. The van der Waals surface area contributed by atoms with Crippen LogP contribution in [0.25, 0.3) is 0 Å². The number of carbonyl (C=O) groups excluding carboxylic acids is 2. The van der Waals surface area contributed by atoms with Crippen LogP contribution < -0.4 is 0 Å². The second-order valence-corrected chi connectivity index (χ2v) is 5.94. The molecule has 1 aromatic rings. The van der Waals surface area contributed by atoms with Crippen LogP contribution >= 0.6 is 0 Å². The highest BCUT2D eigenvalue weighted by Gasteiger charge is 2.42. The van der Waals surface area contributed by atoms with Gasteiger partial charge in [0, 0.05) is 0 Å². The number of aliphatic carboxylic acids is 1. The predicted octanol–water partition coefficient (Wildman–Crippen LogP) is 3.49. The monoisotopic (exact) mass is 317 g/mol. The van der Waals surface area contributed by atoms with Crippen LogP contribution in [0.3, 0.4) is 0 Å². The Hall–Kier alpha value is -2.17. The molecule has 0 bridgehead atoms. The number of hydrogen-bond donors (Lipinski definition) is 1. The molecule has 0 aliphatic carbocycles. The van der Waals surface area contributed by atoms with Crippen molar-refractivity contribution in [3.8, 4) is 0 Å². The minimum atomic E-state index is -1.12. The van der Waals surface area contributed by atoms with Crippen molar-refractivity contribution in [2.75, 3.05) is 0 Å². The number of imide groups is 1. The van der Waals surface area contributed by atoms with Crippen molar-refractivity contribution in [1.82, 2.24) is 4.90 Å². The van der Waals surface area contributed by atoms with Crippen molar-refractivity contribution in [3.05, 3.63) is 35.4 Å². The molecule has 5 nitrogen and oxygen atoms in total. The van der Waals surface area contributed by atoms with E-state index in [-0.39, 0.29) is 0 Å². The number of benzene rings is 1. The molecular weight excluding hydrogens is 294 g/mol. The van der Waals surface area contributed by atoms with Crippen molar-refractivity contribution in [3.63, 3.8) is 0 Å². The van der Waals surface area contributed by atoms with Crippen LogP contribution in [0.15, 0.2) is 24.3 Å². The van der Waals surface area contributed by atoms with Crippen molar-refractivity contribution < 1.29 is 19.5 Å². The fourth-order valence-corrected chi connectivity index (χ4v) is 2.97. The summed E-state index contributed by atoms with van der Waals surface area (Å²) < 4.78 is 0. The first-order valence-corrected chi connectivity index (χ1v) is 8.27. The lowest BCUT2D eigenvalue weighted by Crippen LogP contribution is -2.44. The molecule has 0 aromatic heterocycles. The smallest absolute Gasteiger partial charge is 0.326 e. The average molecular weight is 317 g/mol. The molecule has 0 fully saturated rings. The van der Waals surface area contributed by atoms with Gasteiger partial charge < -0.3 is 5.11 Å². The number of rotatable bonds is 9. The molecule has 1 unspecified atom stereocenters. The van der Waals surface area contributed by atoms with E-state index in [1.54, 1.807) is 24.3 Å². The summed E-state index contributed by atoms with van der Waals surface area (Å²) in [5, 5.41) is 9.44. The Labute approximate surface area is 136 Å². The van der Waals surface area contributed by atoms with Crippen LogP contribution in [0.1, 0.15) is 72.6 Å². The van der Waals surface area contributed by atoms with Gasteiger partial charge in [-0.25, -0.2) is 4.79 Å². The van der Waals surface area contributed by atoms with Gasteiger partial charge in [0.25, 0.3) is 11.8 Å². The molecule has 1 aliphatic rings. The van der Waals surface area contributed by atoms with Gasteiger partial charge in [-0.1, -0.05) is 57.6 Å². The zero-order valence-electron chi connectivity index (χ0n) is 13.5. The molecule has 2 rings (SSSR count). The standard InChI is InChI=1S/C18H23NO4/c1-2-3-4-5-6-7-12-15(18(22)23)19-16(20)13-10-8-9-11-14(13)17(19)21/h8-11,15H,2-7,12H2,1H3,(H,22,23). The molecule has 23 heavy (non-hydrogen) atoms. The number of hydrogen-bond acceptors (Lipinski definition) is 3. The largest absolute Gasteiger partial charge is 0.480 e. The Balaban J connectivity index is 2.01. The predicted molar refractivity (Wildman–Crippen MR) is 86.4 cm³/mol. The first kappa shape index (κ1) is 17.2. The lowest BCUT2D eigenvalue weighted by molar-refractivity contribution is -0.141. The van der Waals surface area contributed by atoms with E-state index in [9.17, 15) is 19.5 Å². The maximum Gasteiger partial charge on any atom is 0.326 e. The molecule has 5 heteroatoms. The van der Waals surface area contributed by atoms with Gasteiger partial charge in [-0.15, -0.1) is 0 Å². The Morgan fingerprint density at radius 3 is 2.04 bits per heavy atom. The Morgan fingerprint density at radius 1 is 1.00 bits per heavy atom. The number of fused-ring (bicyclic) bond motifs is 1. The van der Waals surface area contributed by atoms with Crippen LogP contribution in [-0.4, -0.2) is 33.8 Å². The number of unbranched alkanes of at least 4 members (excludes halogenated alkanes) is 5. The van der Waals surface area contributed by atoms with Crippen LogP contribution in [0.2, 0.25) is 0 Å². The van der Waals surface area contributed by atoms with E-state index in [4.69, 9.17) is 0 Å². The summed E-state index contributed by atoms with van der Waals surface area (Å²) in [5.41, 5.74) is 0.596. The Morgan fingerprint density at radius 2 is 1.52 bits per heavy atom. The second kappa shape index (κ2) is 7.90. The van der Waals surface area contributed by atoms with Crippen molar-refractivity contribution in [2.24, 2.45) is 0 Å². The van der Waals surface area contributed by atoms with Gasteiger partial charge in [-0.3, -0.25) is 14.5 Å². The summed E-state index contributed by atoms with van der Waals surface area (Å²) in [7, 11) is 0. The minimum absolute atomic E-state index is 0.298. The average Bonchev–Trinajstić information content (AvgIpc) is 2.79. The van der Waals surface area contributed by atoms with Crippen molar-refractivity contribution >= 4 is 17.8 Å². The minimum Gasteiger partial charge on any atom is -0.480 e. The number of carboxylic acids is 1. The maximum absolute atomic E-state index is 12.4. The van der Waals surface area contributed by atoms with Crippen molar-refractivity contribution in [1.29, 1.82) is 0 Å². The third-order valence-electron chi connectivity index (χ3n) is 4.25. The van der Waals surface area contributed by atoms with Gasteiger partial charge in [-0.05, 0) is 18.6 Å². The molecule has 2 amide bonds. The van der Waals surface area contributed by atoms with E-state index in [0.29, 0.717) is 24.0 Å². The molecule has 0 saturated heterocycles. The normalized spacial score (nSPS) is 14.9. The Kier molecular flexibility index (Phi) is 5.90. The molecule has 1 aliphatic heterocycles. The molecule has 0 saturated carbocycles. The molecule has 124 valence electrons. The molecule has 1 aromatic carbocycles. The van der Waals surface area contributed by atoms with Crippen LogP contribution in [0.4, 0.5) is 0 Å². The molecule has 0 spiro atoms. The second-order valence-electron chi connectivity index (χ2n) is 5.94. The van der Waals surface area contributed by atoms with Crippen LogP contribution in [-0.2, 0) is 4.79 Å². The number of nitrogens with zero attached hydrogens (tertiary/aromatic N) is 1. The van der Waals surface area contributed by atoms with E-state index in [2.05, 4.69) is 6.92 Å². The van der Waals surface area contributed by atoms with Gasteiger partial charge in [0.15, 0.2) is 0 Å². The van der Waals surface area contributed by atoms with Gasteiger partial charge in [-0.2, -0.15) is 0 Å². The first-order valence-electron chi connectivity index (χ1n) is 8.27. The topological polar surface area (TPSA) is 74.7 Å². The van der Waals surface area contributed by atoms with E-state index < -0.39 is 23.8 Å². The zero-order chi connectivity index (χ0) is 16.8. The number of carbonyl (C=O) groups is 3. The Bertz CT molecular complexity index is 561. The lowest BCUT2D eigenvalue weighted by atomic mass is 10.0. The van der Waals surface area contributed by atoms with E-state index in [1.807, 2.05) is 0 Å². The quantitative estimate of drug-likeness (QED) is 0.559. The third kappa shape index (κ3) is 3.78. The van der Waals surface area contributed by atoms with E-state index in [1.165, 1.54) is 6.42 Å². The van der Waals surface area contributed by atoms with Gasteiger partial charge >= 0.3 is 5.97 Å². The maximum atomic E-state index is 12.4. The fourth-order valence-electron chi connectivity index (χ4n) is 2.97. The highest BCUT2D eigenvalue weighted by atomic mass is 16.4. The molecular formula is C18H23NO4. The zero-order valence-corrected chi connectivity index (χ0v) is 13.5. The summed E-state index contributed by atoms with van der Waals surface area (Å²) in [4.78, 5) is 37.2. The molecule has 1 N–H and O–H groups in total. The molecule has 0 radical (unpaired) electrons. The SMILES string of the molecule is CCCCCCCCC(C(=O)O)N1C(=O)c2ccccc2C1=O. The highest BCUT2D eigenvalue weighted by molar-refractivity contribution is 6.22. The lowest BCUT2D eigenvalue weighted by Gasteiger charge is -2.22. The third-order valence-corrected chi connectivity index (χ3v) is 4.25. The van der Waals surface area contributed by atoms with E-state index >= 15 is 0 Å². The highest BCUT2D eigenvalue weighted by Crippen LogP contribution is 2.26. The summed E-state index contributed by atoms with van der Waals surface area (Å²) in [5.74, 6) is -2.11. The fraction of sp³-hybridized carbons (Fsp3) is 0.500. The summed E-state index contributed by atoms with van der Waals surface area (Å²) in [6.07, 6.45) is 6.48. The van der Waals surface area contributed by atoms with E-state index in [0.717, 1.165) is 30.6 Å².